The van der Waals surface area contributed by atoms with E-state index in [1.807, 2.05) is 49.5 Å². The van der Waals surface area contributed by atoms with E-state index >= 15 is 0 Å². The monoisotopic (exact) mass is 347 g/mol. The molecule has 5 nitrogen and oxygen atoms in total. The highest BCUT2D eigenvalue weighted by atomic mass is 16.5. The van der Waals surface area contributed by atoms with Crippen molar-refractivity contribution in [2.45, 2.75) is 32.2 Å². The van der Waals surface area contributed by atoms with Crippen molar-refractivity contribution in [1.29, 1.82) is 0 Å². The molecule has 1 N–H and O–H groups in total. The number of aromatic nitrogens is 2. The zero-order valence-electron chi connectivity index (χ0n) is 14.7. The van der Waals surface area contributed by atoms with Crippen LogP contribution in [0, 0.1) is 6.92 Å². The molecule has 1 aliphatic carbocycles. The second kappa shape index (κ2) is 7.12. The number of aryl methyl sites for hydroxylation is 2. The van der Waals surface area contributed by atoms with Gasteiger partial charge in [0, 0.05) is 17.5 Å². The smallest absolute Gasteiger partial charge is 0.258 e. The summed E-state index contributed by atoms with van der Waals surface area (Å²) in [4.78, 5) is 21.1. The number of fused-ring (bicyclic) bond motifs is 2. The summed E-state index contributed by atoms with van der Waals surface area (Å²) in [7, 11) is 0. The molecular weight excluding hydrogens is 326 g/mol. The normalized spacial score (nSPS) is 16.1. The highest BCUT2D eigenvalue weighted by Crippen LogP contribution is 2.28. The van der Waals surface area contributed by atoms with Crippen LogP contribution in [0.3, 0.4) is 0 Å². The average Bonchev–Trinajstić information content (AvgIpc) is 2.66. The van der Waals surface area contributed by atoms with Gasteiger partial charge < -0.3 is 10.1 Å². The maximum absolute atomic E-state index is 12.3. The van der Waals surface area contributed by atoms with Crippen LogP contribution in [-0.4, -0.2) is 22.5 Å². The molecule has 1 heterocycles. The van der Waals surface area contributed by atoms with Crippen LogP contribution < -0.4 is 10.1 Å². The van der Waals surface area contributed by atoms with E-state index in [1.165, 1.54) is 0 Å². The molecule has 3 aromatic rings. The molecule has 0 bridgehead atoms. The van der Waals surface area contributed by atoms with E-state index in [0.29, 0.717) is 5.75 Å². The minimum Gasteiger partial charge on any atom is -0.484 e. The minimum absolute atomic E-state index is 0.00308. The Hall–Kier alpha value is -2.95. The third-order valence-corrected chi connectivity index (χ3v) is 4.73. The first kappa shape index (κ1) is 16.5. The van der Waals surface area contributed by atoms with Crippen LogP contribution in [0.1, 0.15) is 36.0 Å². The molecule has 1 aromatic heterocycles. The number of amides is 1. The number of benzene rings is 2. The Bertz CT molecular complexity index is 955. The van der Waals surface area contributed by atoms with E-state index in [-0.39, 0.29) is 18.6 Å². The van der Waals surface area contributed by atoms with Crippen LogP contribution >= 0.6 is 0 Å². The molecule has 0 saturated heterocycles. The highest BCUT2D eigenvalue weighted by molar-refractivity contribution is 5.84. The first-order valence-corrected chi connectivity index (χ1v) is 8.92. The molecule has 0 radical (unpaired) electrons. The number of nitrogens with zero attached hydrogens (tertiary/aromatic N) is 2. The average molecular weight is 347 g/mol. The highest BCUT2D eigenvalue weighted by Gasteiger charge is 2.23. The van der Waals surface area contributed by atoms with Crippen molar-refractivity contribution in [3.63, 3.8) is 0 Å². The zero-order valence-corrected chi connectivity index (χ0v) is 14.7. The third kappa shape index (κ3) is 3.52. The van der Waals surface area contributed by atoms with E-state index in [4.69, 9.17) is 4.74 Å². The minimum atomic E-state index is -0.128. The number of hydrogen-bond donors (Lipinski definition) is 1. The van der Waals surface area contributed by atoms with Crippen LogP contribution in [0.2, 0.25) is 0 Å². The van der Waals surface area contributed by atoms with E-state index in [1.54, 1.807) is 0 Å². The van der Waals surface area contributed by atoms with Gasteiger partial charge in [0.15, 0.2) is 6.61 Å². The number of carbonyl (C=O) groups is 1. The van der Waals surface area contributed by atoms with Gasteiger partial charge in [-0.15, -0.1) is 0 Å². The summed E-state index contributed by atoms with van der Waals surface area (Å²) in [5.41, 5.74) is 2.07. The summed E-state index contributed by atoms with van der Waals surface area (Å²) in [6.45, 7) is 1.89. The van der Waals surface area contributed by atoms with Gasteiger partial charge in [0.05, 0.1) is 6.04 Å². The van der Waals surface area contributed by atoms with Crippen LogP contribution in [0.4, 0.5) is 0 Å². The Kier molecular flexibility index (Phi) is 4.52. The molecule has 26 heavy (non-hydrogen) atoms. The van der Waals surface area contributed by atoms with Crippen molar-refractivity contribution in [3.05, 3.63) is 65.7 Å². The van der Waals surface area contributed by atoms with Gasteiger partial charge >= 0.3 is 0 Å². The van der Waals surface area contributed by atoms with Gasteiger partial charge in [0.25, 0.3) is 5.91 Å². The molecule has 1 amide bonds. The van der Waals surface area contributed by atoms with Crippen molar-refractivity contribution in [3.8, 4) is 5.75 Å². The maximum atomic E-state index is 12.3. The predicted molar refractivity (Wildman–Crippen MR) is 100 cm³/mol. The number of rotatable bonds is 4. The lowest BCUT2D eigenvalue weighted by Crippen LogP contribution is -2.34. The first-order valence-electron chi connectivity index (χ1n) is 8.92. The Balaban J connectivity index is 1.40. The fourth-order valence-corrected chi connectivity index (χ4v) is 3.44. The quantitative estimate of drug-likeness (QED) is 0.784. The molecule has 0 fully saturated rings. The summed E-state index contributed by atoms with van der Waals surface area (Å²) in [5, 5.41) is 5.31. The van der Waals surface area contributed by atoms with Crippen molar-refractivity contribution < 1.29 is 9.53 Å². The van der Waals surface area contributed by atoms with Gasteiger partial charge in [-0.25, -0.2) is 9.97 Å². The van der Waals surface area contributed by atoms with Crippen LogP contribution in [0.5, 0.6) is 5.75 Å². The lowest BCUT2D eigenvalue weighted by molar-refractivity contribution is -0.123. The second-order valence-electron chi connectivity index (χ2n) is 6.63. The Morgan fingerprint density at radius 1 is 1.23 bits per heavy atom. The predicted octanol–water partition coefficient (Wildman–Crippen LogP) is 3.51. The van der Waals surface area contributed by atoms with Crippen LogP contribution in [-0.2, 0) is 11.2 Å². The Labute approximate surface area is 152 Å². The van der Waals surface area contributed by atoms with Gasteiger partial charge in [-0.1, -0.05) is 30.3 Å². The molecule has 0 spiro atoms. The number of hydrogen-bond acceptors (Lipinski definition) is 4. The third-order valence-electron chi connectivity index (χ3n) is 4.73. The maximum Gasteiger partial charge on any atom is 0.258 e. The van der Waals surface area contributed by atoms with E-state index in [2.05, 4.69) is 21.4 Å². The molecular formula is C21H21N3O2. The largest absolute Gasteiger partial charge is 0.484 e. The van der Waals surface area contributed by atoms with Crippen molar-refractivity contribution >= 4 is 16.7 Å². The van der Waals surface area contributed by atoms with Crippen LogP contribution in [0.25, 0.3) is 10.8 Å². The molecule has 132 valence electrons. The summed E-state index contributed by atoms with van der Waals surface area (Å²) in [6, 6.07) is 13.9. The Morgan fingerprint density at radius 3 is 2.96 bits per heavy atom. The topological polar surface area (TPSA) is 64.1 Å². The van der Waals surface area contributed by atoms with Crippen molar-refractivity contribution in [2.24, 2.45) is 0 Å². The van der Waals surface area contributed by atoms with E-state index in [9.17, 15) is 4.79 Å². The van der Waals surface area contributed by atoms with Gasteiger partial charge in [-0.3, -0.25) is 4.79 Å². The standard InChI is InChI=1S/C21H21N3O2/c1-14-22-12-18-19(23-14)7-4-8-20(18)24-21(25)13-26-17-10-9-15-5-2-3-6-16(15)11-17/h2-3,5-6,9-12,20H,4,7-8,13H2,1H3,(H,24,25). The molecule has 1 atom stereocenters. The number of carbonyl (C=O) groups excluding carboxylic acids is 1. The fraction of sp³-hybridized carbons (Fsp3) is 0.286. The van der Waals surface area contributed by atoms with Crippen molar-refractivity contribution in [1.82, 2.24) is 15.3 Å². The molecule has 2 aromatic carbocycles. The molecule has 1 unspecified atom stereocenters. The molecule has 0 saturated carbocycles. The summed E-state index contributed by atoms with van der Waals surface area (Å²) >= 11 is 0. The molecule has 1 aliphatic rings. The molecule has 5 heteroatoms. The lowest BCUT2D eigenvalue weighted by Gasteiger charge is -2.25. The van der Waals surface area contributed by atoms with Crippen LogP contribution in [0.15, 0.2) is 48.7 Å². The number of ether oxygens (including phenoxy) is 1. The van der Waals surface area contributed by atoms with E-state index in [0.717, 1.165) is 47.1 Å². The van der Waals surface area contributed by atoms with E-state index < -0.39 is 0 Å². The Morgan fingerprint density at radius 2 is 2.08 bits per heavy atom. The number of nitrogens with one attached hydrogen (secondary N) is 1. The zero-order chi connectivity index (χ0) is 17.9. The molecule has 4 rings (SSSR count). The van der Waals surface area contributed by atoms with Gasteiger partial charge in [0.2, 0.25) is 0 Å². The van der Waals surface area contributed by atoms with Gasteiger partial charge in [-0.2, -0.15) is 0 Å². The van der Waals surface area contributed by atoms with Gasteiger partial charge in [-0.05, 0) is 49.1 Å². The lowest BCUT2D eigenvalue weighted by atomic mass is 9.92. The summed E-state index contributed by atoms with van der Waals surface area (Å²) in [5.74, 6) is 1.34. The van der Waals surface area contributed by atoms with Crippen molar-refractivity contribution in [2.75, 3.05) is 6.61 Å². The summed E-state index contributed by atoms with van der Waals surface area (Å²) in [6.07, 6.45) is 4.70. The summed E-state index contributed by atoms with van der Waals surface area (Å²) < 4.78 is 5.68. The first-order chi connectivity index (χ1) is 12.7. The second-order valence-corrected chi connectivity index (χ2v) is 6.63. The molecule has 0 aliphatic heterocycles. The fourth-order valence-electron chi connectivity index (χ4n) is 3.44. The van der Waals surface area contributed by atoms with Gasteiger partial charge in [0.1, 0.15) is 11.6 Å². The SMILES string of the molecule is Cc1ncc2c(n1)CCCC2NC(=O)COc1ccc2ccccc2c1.